The predicted octanol–water partition coefficient (Wildman–Crippen LogP) is 3.07. The smallest absolute Gasteiger partial charge is 0.227 e. The summed E-state index contributed by atoms with van der Waals surface area (Å²) in [6.07, 6.45) is 6.51. The largest absolute Gasteiger partial charge is 0.379 e. The van der Waals surface area contributed by atoms with Crippen molar-refractivity contribution in [3.05, 3.63) is 29.8 Å². The number of hydrogen-bond donors (Lipinski definition) is 3. The molecule has 3 rings (SSSR count). The van der Waals surface area contributed by atoms with Gasteiger partial charge in [-0.05, 0) is 50.3 Å². The maximum absolute atomic E-state index is 12.4. The zero-order chi connectivity index (χ0) is 21.0. The highest BCUT2D eigenvalue weighted by Crippen LogP contribution is 2.26. The lowest BCUT2D eigenvalue weighted by atomic mass is 10.1. The summed E-state index contributed by atoms with van der Waals surface area (Å²) in [4.78, 5) is 17.0. The highest BCUT2D eigenvalue weighted by atomic mass is 16.5. The van der Waals surface area contributed by atoms with E-state index in [1.54, 1.807) is 0 Å². The number of nitrogens with one attached hydrogen (secondary N) is 3. The van der Waals surface area contributed by atoms with Gasteiger partial charge in [-0.1, -0.05) is 25.0 Å². The van der Waals surface area contributed by atoms with E-state index in [4.69, 9.17) is 9.47 Å². The van der Waals surface area contributed by atoms with E-state index in [0.717, 1.165) is 88.6 Å². The molecule has 0 aromatic heterocycles. The number of aliphatic imine (C=N–C) groups is 1. The molecule has 2 fully saturated rings. The Morgan fingerprint density at radius 1 is 1.23 bits per heavy atom. The number of carbonyl (C=O) groups is 1. The Labute approximate surface area is 180 Å². The van der Waals surface area contributed by atoms with E-state index in [9.17, 15) is 4.79 Å². The van der Waals surface area contributed by atoms with Crippen LogP contribution in [-0.4, -0.2) is 50.9 Å². The molecule has 7 heteroatoms. The fourth-order valence-corrected chi connectivity index (χ4v) is 3.87. The summed E-state index contributed by atoms with van der Waals surface area (Å²) < 4.78 is 11.1. The van der Waals surface area contributed by atoms with Gasteiger partial charge in [0, 0.05) is 37.9 Å². The number of carbonyl (C=O) groups excluding carboxylic acids is 1. The molecule has 1 heterocycles. The van der Waals surface area contributed by atoms with E-state index in [1.807, 2.05) is 24.3 Å². The summed E-state index contributed by atoms with van der Waals surface area (Å²) in [5, 5.41) is 9.70. The summed E-state index contributed by atoms with van der Waals surface area (Å²) in [7, 11) is 0. The van der Waals surface area contributed by atoms with Gasteiger partial charge in [-0.15, -0.1) is 0 Å². The number of rotatable bonds is 10. The molecule has 1 saturated heterocycles. The molecule has 166 valence electrons. The van der Waals surface area contributed by atoms with Gasteiger partial charge < -0.3 is 25.4 Å². The molecule has 1 atom stereocenters. The van der Waals surface area contributed by atoms with E-state index in [-0.39, 0.29) is 17.9 Å². The highest BCUT2D eigenvalue weighted by Gasteiger charge is 2.22. The second-order valence-electron chi connectivity index (χ2n) is 8.00. The van der Waals surface area contributed by atoms with Crippen LogP contribution >= 0.6 is 0 Å². The lowest BCUT2D eigenvalue weighted by molar-refractivity contribution is -0.119. The number of anilines is 1. The minimum Gasteiger partial charge on any atom is -0.379 e. The molecule has 1 saturated carbocycles. The number of ether oxygens (including phenoxy) is 2. The SMILES string of the molecule is CCNC(=NCc1cccc(NC(=O)C2CCCC2)c1)NCCCOC1CCOC1. The Hall–Kier alpha value is -2.12. The zero-order valence-electron chi connectivity index (χ0n) is 18.1. The third kappa shape index (κ3) is 7.61. The molecule has 1 amide bonds. The first-order valence-electron chi connectivity index (χ1n) is 11.4. The normalized spacial score (nSPS) is 19.8. The van der Waals surface area contributed by atoms with Crippen LogP contribution in [-0.2, 0) is 20.8 Å². The van der Waals surface area contributed by atoms with Gasteiger partial charge in [0.1, 0.15) is 0 Å². The maximum atomic E-state index is 12.4. The van der Waals surface area contributed by atoms with Crippen LogP contribution in [0.3, 0.4) is 0 Å². The fourth-order valence-electron chi connectivity index (χ4n) is 3.87. The van der Waals surface area contributed by atoms with Crippen molar-refractivity contribution in [2.75, 3.05) is 38.2 Å². The minimum absolute atomic E-state index is 0.148. The van der Waals surface area contributed by atoms with Gasteiger partial charge in [0.2, 0.25) is 5.91 Å². The van der Waals surface area contributed by atoms with Crippen molar-refractivity contribution in [2.45, 2.75) is 58.1 Å². The second kappa shape index (κ2) is 12.5. The number of hydrogen-bond acceptors (Lipinski definition) is 4. The first-order valence-corrected chi connectivity index (χ1v) is 11.4. The number of nitrogens with zero attached hydrogens (tertiary/aromatic N) is 1. The summed E-state index contributed by atoms with van der Waals surface area (Å²) in [6.45, 7) is 6.47. The van der Waals surface area contributed by atoms with E-state index in [1.165, 1.54) is 0 Å². The Kier molecular flexibility index (Phi) is 9.44. The van der Waals surface area contributed by atoms with Crippen molar-refractivity contribution in [1.82, 2.24) is 10.6 Å². The van der Waals surface area contributed by atoms with E-state index < -0.39 is 0 Å². The van der Waals surface area contributed by atoms with Crippen LogP contribution in [0, 0.1) is 5.92 Å². The third-order valence-corrected chi connectivity index (χ3v) is 5.54. The summed E-state index contributed by atoms with van der Waals surface area (Å²) in [6, 6.07) is 7.96. The van der Waals surface area contributed by atoms with Gasteiger partial charge in [-0.2, -0.15) is 0 Å². The van der Waals surface area contributed by atoms with Crippen LogP contribution in [0.15, 0.2) is 29.3 Å². The number of amides is 1. The fraction of sp³-hybridized carbons (Fsp3) is 0.652. The molecule has 0 spiro atoms. The van der Waals surface area contributed by atoms with Crippen LogP contribution < -0.4 is 16.0 Å². The highest BCUT2D eigenvalue weighted by molar-refractivity contribution is 5.92. The van der Waals surface area contributed by atoms with Crippen molar-refractivity contribution in [3.63, 3.8) is 0 Å². The molecule has 1 unspecified atom stereocenters. The monoisotopic (exact) mass is 416 g/mol. The molecule has 1 aliphatic heterocycles. The first kappa shape index (κ1) is 22.6. The molecule has 0 bridgehead atoms. The quantitative estimate of drug-likeness (QED) is 0.310. The molecule has 1 aromatic rings. The summed E-state index contributed by atoms with van der Waals surface area (Å²) in [5.74, 6) is 1.11. The molecular weight excluding hydrogens is 380 g/mol. The molecule has 3 N–H and O–H groups in total. The molecule has 0 radical (unpaired) electrons. The van der Waals surface area contributed by atoms with Crippen LogP contribution in [0.1, 0.15) is 51.0 Å². The van der Waals surface area contributed by atoms with Gasteiger partial charge >= 0.3 is 0 Å². The van der Waals surface area contributed by atoms with Crippen LogP contribution in [0.4, 0.5) is 5.69 Å². The Balaban J connectivity index is 1.43. The van der Waals surface area contributed by atoms with Crippen molar-refractivity contribution in [3.8, 4) is 0 Å². The lowest BCUT2D eigenvalue weighted by Gasteiger charge is -2.13. The average molecular weight is 417 g/mol. The van der Waals surface area contributed by atoms with Crippen molar-refractivity contribution in [1.29, 1.82) is 0 Å². The van der Waals surface area contributed by atoms with E-state index in [2.05, 4.69) is 27.9 Å². The van der Waals surface area contributed by atoms with E-state index >= 15 is 0 Å². The van der Waals surface area contributed by atoms with Gasteiger partial charge in [-0.3, -0.25) is 4.79 Å². The predicted molar refractivity (Wildman–Crippen MR) is 120 cm³/mol. The Bertz CT molecular complexity index is 683. The molecule has 1 aromatic carbocycles. The first-order chi connectivity index (χ1) is 14.7. The van der Waals surface area contributed by atoms with Gasteiger partial charge in [-0.25, -0.2) is 4.99 Å². The maximum Gasteiger partial charge on any atom is 0.227 e. The van der Waals surface area contributed by atoms with Crippen LogP contribution in [0.2, 0.25) is 0 Å². The van der Waals surface area contributed by atoms with Gasteiger partial charge in [0.15, 0.2) is 5.96 Å². The van der Waals surface area contributed by atoms with Gasteiger partial charge in [0.25, 0.3) is 0 Å². The second-order valence-corrected chi connectivity index (χ2v) is 8.00. The molecule has 7 nitrogen and oxygen atoms in total. The lowest BCUT2D eigenvalue weighted by Crippen LogP contribution is -2.38. The molecule has 1 aliphatic carbocycles. The Morgan fingerprint density at radius 3 is 2.87 bits per heavy atom. The summed E-state index contributed by atoms with van der Waals surface area (Å²) in [5.41, 5.74) is 1.92. The van der Waals surface area contributed by atoms with Crippen LogP contribution in [0.5, 0.6) is 0 Å². The van der Waals surface area contributed by atoms with Gasteiger partial charge in [0.05, 0.1) is 19.3 Å². The van der Waals surface area contributed by atoms with Crippen molar-refractivity contribution in [2.24, 2.45) is 10.9 Å². The van der Waals surface area contributed by atoms with Crippen LogP contribution in [0.25, 0.3) is 0 Å². The molecular formula is C23H36N4O3. The number of benzene rings is 1. The average Bonchev–Trinajstić information content (AvgIpc) is 3.46. The standard InChI is InChI=1S/C23H36N4O3/c1-2-24-23(25-12-6-13-30-21-11-14-29-17-21)26-16-18-7-5-10-20(15-18)27-22(28)19-8-3-4-9-19/h5,7,10,15,19,21H,2-4,6,8-9,11-14,16-17H2,1H3,(H,27,28)(H2,24,25,26). The molecule has 2 aliphatic rings. The Morgan fingerprint density at radius 2 is 2.10 bits per heavy atom. The topological polar surface area (TPSA) is 84.0 Å². The molecule has 30 heavy (non-hydrogen) atoms. The zero-order valence-corrected chi connectivity index (χ0v) is 18.1. The van der Waals surface area contributed by atoms with E-state index in [0.29, 0.717) is 6.54 Å². The number of guanidine groups is 1. The third-order valence-electron chi connectivity index (χ3n) is 5.54. The minimum atomic E-state index is 0.148. The van der Waals surface area contributed by atoms with Crippen molar-refractivity contribution >= 4 is 17.6 Å². The summed E-state index contributed by atoms with van der Waals surface area (Å²) >= 11 is 0. The van der Waals surface area contributed by atoms with Crippen molar-refractivity contribution < 1.29 is 14.3 Å².